The number of aromatic nitrogens is 3. The lowest BCUT2D eigenvalue weighted by atomic mass is 10.1. The predicted molar refractivity (Wildman–Crippen MR) is 202 cm³/mol. The number of anilines is 5. The molecule has 3 amide bonds. The van der Waals surface area contributed by atoms with Crippen LogP contribution < -0.4 is 26.0 Å². The third-order valence-electron chi connectivity index (χ3n) is 9.60. The van der Waals surface area contributed by atoms with Gasteiger partial charge in [0.15, 0.2) is 0 Å². The minimum Gasteiger partial charge on any atom is -0.488 e. The average molecular weight is 694 g/mol. The van der Waals surface area contributed by atoms with Crippen molar-refractivity contribution in [3.8, 4) is 23.1 Å². The van der Waals surface area contributed by atoms with E-state index < -0.39 is 6.03 Å². The van der Waals surface area contributed by atoms with Crippen LogP contribution in [-0.4, -0.2) is 57.1 Å². The Morgan fingerprint density at radius 2 is 1.75 bits per heavy atom. The van der Waals surface area contributed by atoms with Gasteiger partial charge in [-0.15, -0.1) is 0 Å². The van der Waals surface area contributed by atoms with Crippen molar-refractivity contribution < 1.29 is 14.3 Å². The number of ether oxygens (including phenoxy) is 1. The van der Waals surface area contributed by atoms with Gasteiger partial charge < -0.3 is 30.6 Å². The summed E-state index contributed by atoms with van der Waals surface area (Å²) < 4.78 is 8.43. The molecular formula is C40H39N9O3. The number of hydrogen-bond donors (Lipinski definition) is 4. The average Bonchev–Trinajstić information content (AvgIpc) is 4.09. The smallest absolute Gasteiger partial charge is 0.323 e. The van der Waals surface area contributed by atoms with Gasteiger partial charge in [-0.1, -0.05) is 24.3 Å². The number of urea groups is 1. The number of benzene rings is 3. The summed E-state index contributed by atoms with van der Waals surface area (Å²) >= 11 is 0. The maximum absolute atomic E-state index is 13.2. The molecule has 1 aliphatic heterocycles. The number of likely N-dealkylation sites (tertiary alicyclic amines) is 1. The van der Waals surface area contributed by atoms with Gasteiger partial charge in [-0.3, -0.25) is 9.69 Å². The maximum Gasteiger partial charge on any atom is 0.323 e. The van der Waals surface area contributed by atoms with Crippen molar-refractivity contribution >= 4 is 51.5 Å². The normalized spacial score (nSPS) is 17.2. The quantitative estimate of drug-likeness (QED) is 0.102. The summed E-state index contributed by atoms with van der Waals surface area (Å²) in [6.45, 7) is 1.03. The summed E-state index contributed by atoms with van der Waals surface area (Å²) in [7, 11) is 2.07. The molecule has 0 radical (unpaired) electrons. The minimum atomic E-state index is -0.471. The molecule has 0 spiro atoms. The molecular weight excluding hydrogens is 654 g/mol. The van der Waals surface area contributed by atoms with Crippen LogP contribution >= 0.6 is 0 Å². The van der Waals surface area contributed by atoms with Gasteiger partial charge in [-0.05, 0) is 101 Å². The molecule has 3 heterocycles. The van der Waals surface area contributed by atoms with Crippen LogP contribution in [0.1, 0.15) is 50.1 Å². The molecule has 0 bridgehead atoms. The molecule has 2 aliphatic carbocycles. The van der Waals surface area contributed by atoms with Crippen LogP contribution in [0.2, 0.25) is 0 Å². The molecule has 3 aromatic carbocycles. The minimum absolute atomic E-state index is 0.148. The van der Waals surface area contributed by atoms with Crippen LogP contribution in [0, 0.1) is 11.3 Å². The molecule has 8 rings (SSSR count). The van der Waals surface area contributed by atoms with Crippen molar-refractivity contribution in [1.82, 2.24) is 19.4 Å². The summed E-state index contributed by atoms with van der Waals surface area (Å²) in [6, 6.07) is 22.7. The van der Waals surface area contributed by atoms with E-state index in [9.17, 15) is 9.59 Å². The Bertz CT molecular complexity index is 2210. The molecule has 1 saturated heterocycles. The number of carbonyl (C=O) groups excluding carboxylic acids is 2. The molecule has 4 N–H and O–H groups in total. The first kappa shape index (κ1) is 33.0. The van der Waals surface area contributed by atoms with E-state index in [0.29, 0.717) is 51.7 Å². The fourth-order valence-electron chi connectivity index (χ4n) is 6.55. The van der Waals surface area contributed by atoms with Gasteiger partial charge in [0.2, 0.25) is 11.9 Å². The van der Waals surface area contributed by atoms with Gasteiger partial charge in [0.25, 0.3) is 0 Å². The predicted octanol–water partition coefficient (Wildman–Crippen LogP) is 7.82. The molecule has 2 saturated carbocycles. The van der Waals surface area contributed by atoms with Gasteiger partial charge in [-0.25, -0.2) is 14.8 Å². The Kier molecular flexibility index (Phi) is 9.01. The highest BCUT2D eigenvalue weighted by Gasteiger charge is 2.28. The molecule has 52 heavy (non-hydrogen) atoms. The molecule has 12 heteroatoms. The lowest BCUT2D eigenvalue weighted by molar-refractivity contribution is -0.112. The number of hydrogen-bond acceptors (Lipinski definition) is 8. The summed E-state index contributed by atoms with van der Waals surface area (Å²) in [5, 5.41) is 22.2. The summed E-state index contributed by atoms with van der Waals surface area (Å²) in [5.41, 5.74) is 5.19. The number of carbonyl (C=O) groups is 2. The van der Waals surface area contributed by atoms with Crippen molar-refractivity contribution in [1.29, 1.82) is 5.26 Å². The monoisotopic (exact) mass is 693 g/mol. The first-order chi connectivity index (χ1) is 25.4. The molecule has 12 nitrogen and oxygen atoms in total. The zero-order chi connectivity index (χ0) is 35.6. The van der Waals surface area contributed by atoms with E-state index in [4.69, 9.17) is 15.0 Å². The molecule has 3 aliphatic rings. The Hall–Kier alpha value is -6.19. The standard InChI is InChI=1S/C40H39N9O3/c1-48-20-4-5-28(48)15-19-37(50)45-33-21-27(12-18-36(33)52-30-16-17-30)43-39-42-23-34(46-40(51)44-26-10-8-25(22-41)9-11-26)38(47-39)32-24-49(29-13-14-29)35-7-3-2-6-31(32)35/h2-3,6-12,15,18-19,21,23-24,28-30H,4-5,13-14,16-17,20H2,1H3,(H,45,50)(H,42,43,47)(H2,44,46,51)/b19-15+. The van der Waals surface area contributed by atoms with Gasteiger partial charge in [-0.2, -0.15) is 5.26 Å². The second-order valence-corrected chi connectivity index (χ2v) is 13.6. The number of rotatable bonds is 11. The van der Waals surface area contributed by atoms with Crippen molar-refractivity contribution in [3.63, 3.8) is 0 Å². The largest absolute Gasteiger partial charge is 0.488 e. The molecule has 1 atom stereocenters. The Morgan fingerprint density at radius 3 is 2.50 bits per heavy atom. The van der Waals surface area contributed by atoms with Crippen molar-refractivity contribution in [2.75, 3.05) is 34.9 Å². The van der Waals surface area contributed by atoms with Gasteiger partial charge in [0, 0.05) is 52.2 Å². The van der Waals surface area contributed by atoms with Gasteiger partial charge >= 0.3 is 6.03 Å². The SMILES string of the molecule is CN1CCCC1/C=C/C(=O)Nc1cc(Nc2ncc(NC(=O)Nc3ccc(C#N)cc3)c(-c3cn(C4CC4)c4ccccc34)n2)ccc1OC1CC1. The zero-order valence-electron chi connectivity index (χ0n) is 28.8. The first-order valence-electron chi connectivity index (χ1n) is 17.7. The number of likely N-dealkylation sites (N-methyl/N-ethyl adjacent to an activating group) is 1. The van der Waals surface area contributed by atoms with E-state index in [1.807, 2.05) is 36.4 Å². The number of nitrogens with zero attached hydrogens (tertiary/aromatic N) is 5. The Morgan fingerprint density at radius 1 is 0.942 bits per heavy atom. The number of fused-ring (bicyclic) bond motifs is 1. The van der Waals surface area contributed by atoms with Crippen LogP contribution in [0.25, 0.3) is 22.2 Å². The molecule has 1 unspecified atom stereocenters. The zero-order valence-corrected chi connectivity index (χ0v) is 28.8. The van der Waals surface area contributed by atoms with E-state index in [1.165, 1.54) is 0 Å². The number of para-hydroxylation sites is 1. The summed E-state index contributed by atoms with van der Waals surface area (Å²) in [6.07, 6.45) is 13.8. The van der Waals surface area contributed by atoms with Gasteiger partial charge in [0.1, 0.15) is 11.4 Å². The van der Waals surface area contributed by atoms with Crippen LogP contribution in [0.4, 0.5) is 33.5 Å². The molecule has 5 aromatic rings. The second kappa shape index (κ2) is 14.2. The third kappa shape index (κ3) is 7.45. The summed E-state index contributed by atoms with van der Waals surface area (Å²) in [4.78, 5) is 38.1. The number of amides is 3. The molecule has 2 aromatic heterocycles. The van der Waals surface area contributed by atoms with E-state index >= 15 is 0 Å². The third-order valence-corrected chi connectivity index (χ3v) is 9.60. The molecule has 262 valence electrons. The highest BCUT2D eigenvalue weighted by atomic mass is 16.5. The van der Waals surface area contributed by atoms with Crippen molar-refractivity contribution in [2.45, 2.75) is 56.7 Å². The summed E-state index contributed by atoms with van der Waals surface area (Å²) in [5.74, 6) is 0.696. The lowest BCUT2D eigenvalue weighted by Crippen LogP contribution is -2.23. The number of nitriles is 1. The highest BCUT2D eigenvalue weighted by Crippen LogP contribution is 2.42. The van der Waals surface area contributed by atoms with Crippen LogP contribution in [0.15, 0.2) is 91.3 Å². The topological polar surface area (TPSA) is 149 Å². The van der Waals surface area contributed by atoms with E-state index in [1.54, 1.807) is 36.5 Å². The highest BCUT2D eigenvalue weighted by molar-refractivity contribution is 6.05. The first-order valence-corrected chi connectivity index (χ1v) is 17.7. The van der Waals surface area contributed by atoms with Crippen LogP contribution in [0.5, 0.6) is 5.75 Å². The fraction of sp³-hybridized carbons (Fsp3) is 0.275. The van der Waals surface area contributed by atoms with E-state index in [0.717, 1.165) is 61.5 Å². The van der Waals surface area contributed by atoms with Crippen molar-refractivity contribution in [3.05, 3.63) is 96.8 Å². The Labute approximate surface area is 301 Å². The van der Waals surface area contributed by atoms with E-state index in [-0.39, 0.29) is 18.1 Å². The lowest BCUT2D eigenvalue weighted by Gasteiger charge is -2.16. The van der Waals surface area contributed by atoms with E-state index in [2.05, 4.69) is 67.2 Å². The second-order valence-electron chi connectivity index (χ2n) is 13.6. The van der Waals surface area contributed by atoms with Crippen molar-refractivity contribution in [2.24, 2.45) is 0 Å². The van der Waals surface area contributed by atoms with Crippen LogP contribution in [-0.2, 0) is 4.79 Å². The molecule has 3 fully saturated rings. The van der Waals surface area contributed by atoms with Crippen LogP contribution in [0.3, 0.4) is 0 Å². The maximum atomic E-state index is 13.2. The number of nitrogens with one attached hydrogen (secondary N) is 4. The Balaban J connectivity index is 1.09. The van der Waals surface area contributed by atoms with Gasteiger partial charge in [0.05, 0.1) is 35.3 Å². The fourth-order valence-corrected chi connectivity index (χ4v) is 6.55.